The van der Waals surface area contributed by atoms with Crippen molar-refractivity contribution in [2.45, 2.75) is 50.5 Å². The molecule has 5 heteroatoms. The summed E-state index contributed by atoms with van der Waals surface area (Å²) in [4.78, 5) is 13.9. The van der Waals surface area contributed by atoms with Gasteiger partial charge in [0.15, 0.2) is 0 Å². The fourth-order valence-corrected chi connectivity index (χ4v) is 2.99. The molecule has 1 aliphatic heterocycles. The monoisotopic (exact) mass is 246 g/mol. The smallest absolute Gasteiger partial charge is 0.248 e. The number of hydrogen-bond acceptors (Lipinski definition) is 2. The molecule has 3 nitrogen and oxygen atoms in total. The largest absolute Gasteiger partial charge is 0.338 e. The van der Waals surface area contributed by atoms with Crippen LogP contribution in [-0.2, 0) is 4.79 Å². The van der Waals surface area contributed by atoms with E-state index in [0.717, 1.165) is 12.8 Å². The number of nitrogens with zero attached hydrogens (tertiary/aromatic N) is 1. The van der Waals surface area contributed by atoms with Crippen LogP contribution >= 0.6 is 0 Å². The number of alkyl halides is 2. The van der Waals surface area contributed by atoms with Gasteiger partial charge >= 0.3 is 0 Å². The van der Waals surface area contributed by atoms with Gasteiger partial charge in [0.05, 0.1) is 0 Å². The van der Waals surface area contributed by atoms with E-state index in [9.17, 15) is 13.6 Å². The van der Waals surface area contributed by atoms with Crippen LogP contribution in [0.2, 0.25) is 0 Å². The maximum Gasteiger partial charge on any atom is 0.248 e. The first-order valence-electron chi connectivity index (χ1n) is 6.42. The van der Waals surface area contributed by atoms with E-state index in [-0.39, 0.29) is 24.8 Å². The summed E-state index contributed by atoms with van der Waals surface area (Å²) in [6.07, 6.45) is 2.55. The second kappa shape index (κ2) is 4.88. The van der Waals surface area contributed by atoms with E-state index in [1.807, 2.05) is 0 Å². The second-order valence-corrected chi connectivity index (χ2v) is 5.21. The summed E-state index contributed by atoms with van der Waals surface area (Å²) in [5.41, 5.74) is 5.60. The highest BCUT2D eigenvalue weighted by molar-refractivity contribution is 5.79. The normalized spacial score (nSPS) is 32.8. The molecule has 2 aliphatic rings. The van der Waals surface area contributed by atoms with E-state index in [4.69, 9.17) is 5.73 Å². The molecule has 0 spiro atoms. The summed E-state index contributed by atoms with van der Waals surface area (Å²) in [5, 5.41) is 0. The van der Waals surface area contributed by atoms with Gasteiger partial charge < -0.3 is 10.6 Å². The third-order valence-corrected chi connectivity index (χ3v) is 3.92. The highest BCUT2D eigenvalue weighted by atomic mass is 19.3. The Labute approximate surface area is 100 Å². The van der Waals surface area contributed by atoms with Crippen molar-refractivity contribution in [3.05, 3.63) is 0 Å². The summed E-state index contributed by atoms with van der Waals surface area (Å²) in [7, 11) is 0. The van der Waals surface area contributed by atoms with Crippen molar-refractivity contribution in [3.8, 4) is 0 Å². The SMILES string of the molecule is NCC1CCCN1C(=O)C1CCCC(F)(F)C1. The zero-order valence-electron chi connectivity index (χ0n) is 10.0. The summed E-state index contributed by atoms with van der Waals surface area (Å²) in [6.45, 7) is 1.12. The van der Waals surface area contributed by atoms with Gasteiger partial charge in [-0.2, -0.15) is 0 Å². The van der Waals surface area contributed by atoms with Gasteiger partial charge in [-0.25, -0.2) is 8.78 Å². The summed E-state index contributed by atoms with van der Waals surface area (Å²) in [5.74, 6) is -3.25. The van der Waals surface area contributed by atoms with Crippen molar-refractivity contribution in [2.24, 2.45) is 11.7 Å². The van der Waals surface area contributed by atoms with Gasteiger partial charge in [-0.3, -0.25) is 4.79 Å². The Kier molecular flexibility index (Phi) is 3.66. The number of nitrogens with two attached hydrogens (primary N) is 1. The maximum atomic E-state index is 13.3. The topological polar surface area (TPSA) is 46.3 Å². The Hall–Kier alpha value is -0.710. The van der Waals surface area contributed by atoms with Gasteiger partial charge in [-0.1, -0.05) is 0 Å². The first-order chi connectivity index (χ1) is 8.03. The zero-order valence-corrected chi connectivity index (χ0v) is 10.0. The molecule has 0 aromatic carbocycles. The Morgan fingerprint density at radius 1 is 1.35 bits per heavy atom. The lowest BCUT2D eigenvalue weighted by Gasteiger charge is -2.33. The highest BCUT2D eigenvalue weighted by Crippen LogP contribution is 2.38. The van der Waals surface area contributed by atoms with Gasteiger partial charge in [0, 0.05) is 37.9 Å². The third kappa shape index (κ3) is 2.76. The average molecular weight is 246 g/mol. The van der Waals surface area contributed by atoms with E-state index < -0.39 is 11.8 Å². The van der Waals surface area contributed by atoms with Crippen LogP contribution < -0.4 is 5.73 Å². The van der Waals surface area contributed by atoms with Crippen LogP contribution in [0.15, 0.2) is 0 Å². The lowest BCUT2D eigenvalue weighted by Crippen LogP contribution is -2.45. The number of likely N-dealkylation sites (tertiary alicyclic amines) is 1. The van der Waals surface area contributed by atoms with Gasteiger partial charge in [-0.15, -0.1) is 0 Å². The van der Waals surface area contributed by atoms with Crippen LogP contribution in [0, 0.1) is 5.92 Å². The Balaban J connectivity index is 1.99. The molecular weight excluding hydrogens is 226 g/mol. The molecule has 2 N–H and O–H groups in total. The molecule has 0 aromatic heterocycles. The number of carbonyl (C=O) groups excluding carboxylic acids is 1. The van der Waals surface area contributed by atoms with Crippen LogP contribution in [0.25, 0.3) is 0 Å². The Morgan fingerprint density at radius 2 is 2.12 bits per heavy atom. The molecule has 1 heterocycles. The molecular formula is C12H20F2N2O. The quantitative estimate of drug-likeness (QED) is 0.807. The fraction of sp³-hybridized carbons (Fsp3) is 0.917. The molecule has 2 rings (SSSR count). The number of rotatable bonds is 2. The van der Waals surface area contributed by atoms with Crippen molar-refractivity contribution in [2.75, 3.05) is 13.1 Å². The zero-order chi connectivity index (χ0) is 12.5. The van der Waals surface area contributed by atoms with Crippen molar-refractivity contribution < 1.29 is 13.6 Å². The molecule has 2 atom stereocenters. The number of carbonyl (C=O) groups is 1. The third-order valence-electron chi connectivity index (χ3n) is 3.92. The van der Waals surface area contributed by atoms with Crippen molar-refractivity contribution in [1.82, 2.24) is 4.90 Å². The van der Waals surface area contributed by atoms with Gasteiger partial charge in [0.1, 0.15) is 0 Å². The van der Waals surface area contributed by atoms with E-state index in [2.05, 4.69) is 0 Å². The van der Waals surface area contributed by atoms with Crippen LogP contribution in [0.1, 0.15) is 38.5 Å². The van der Waals surface area contributed by atoms with E-state index in [1.165, 1.54) is 0 Å². The van der Waals surface area contributed by atoms with Gasteiger partial charge in [0.25, 0.3) is 0 Å². The summed E-state index contributed by atoms with van der Waals surface area (Å²) in [6, 6.07) is 0.0676. The second-order valence-electron chi connectivity index (χ2n) is 5.21. The first-order valence-corrected chi connectivity index (χ1v) is 6.42. The molecule has 1 saturated carbocycles. The van der Waals surface area contributed by atoms with Gasteiger partial charge in [-0.05, 0) is 25.7 Å². The standard InChI is InChI=1S/C12H20F2N2O/c13-12(14)5-1-3-9(7-12)11(17)16-6-2-4-10(16)8-15/h9-10H,1-8,15H2. The van der Waals surface area contributed by atoms with E-state index in [1.54, 1.807) is 4.90 Å². The number of amides is 1. The minimum Gasteiger partial charge on any atom is -0.338 e. The highest BCUT2D eigenvalue weighted by Gasteiger charge is 2.42. The molecule has 1 aliphatic carbocycles. The summed E-state index contributed by atoms with van der Waals surface area (Å²) < 4.78 is 26.6. The molecule has 1 saturated heterocycles. The Morgan fingerprint density at radius 3 is 2.76 bits per heavy atom. The number of halogens is 2. The van der Waals surface area contributed by atoms with Gasteiger partial charge in [0.2, 0.25) is 11.8 Å². The fourth-order valence-electron chi connectivity index (χ4n) is 2.99. The molecule has 0 bridgehead atoms. The molecule has 0 radical (unpaired) electrons. The van der Waals surface area contributed by atoms with Crippen molar-refractivity contribution >= 4 is 5.91 Å². The molecule has 98 valence electrons. The minimum absolute atomic E-state index is 0.0676. The minimum atomic E-state index is -2.66. The molecule has 2 unspecified atom stereocenters. The predicted octanol–water partition coefficient (Wildman–Crippen LogP) is 1.76. The molecule has 1 amide bonds. The maximum absolute atomic E-state index is 13.3. The first kappa shape index (κ1) is 12.7. The van der Waals surface area contributed by atoms with Crippen LogP contribution in [0.3, 0.4) is 0 Å². The average Bonchev–Trinajstić information content (AvgIpc) is 2.74. The summed E-state index contributed by atoms with van der Waals surface area (Å²) >= 11 is 0. The van der Waals surface area contributed by atoms with E-state index in [0.29, 0.717) is 25.9 Å². The lowest BCUT2D eigenvalue weighted by molar-refractivity contribution is -0.143. The molecule has 0 aromatic rings. The number of hydrogen-bond donors (Lipinski definition) is 1. The lowest BCUT2D eigenvalue weighted by atomic mass is 9.85. The van der Waals surface area contributed by atoms with Crippen LogP contribution in [-0.4, -0.2) is 35.9 Å². The van der Waals surface area contributed by atoms with Crippen LogP contribution in [0.4, 0.5) is 8.78 Å². The van der Waals surface area contributed by atoms with E-state index >= 15 is 0 Å². The van der Waals surface area contributed by atoms with Crippen molar-refractivity contribution in [3.63, 3.8) is 0 Å². The predicted molar refractivity (Wildman–Crippen MR) is 60.7 cm³/mol. The van der Waals surface area contributed by atoms with Crippen molar-refractivity contribution in [1.29, 1.82) is 0 Å². The molecule has 2 fully saturated rings. The van der Waals surface area contributed by atoms with Crippen LogP contribution in [0.5, 0.6) is 0 Å². The Bertz CT molecular complexity index is 296. The molecule has 17 heavy (non-hydrogen) atoms.